The Morgan fingerprint density at radius 3 is 3.00 bits per heavy atom. The van der Waals surface area contributed by atoms with Crippen LogP contribution in [0.5, 0.6) is 0 Å². The molecule has 112 valence electrons. The van der Waals surface area contributed by atoms with Crippen molar-refractivity contribution in [1.82, 2.24) is 15.3 Å². The van der Waals surface area contributed by atoms with Gasteiger partial charge < -0.3 is 15.2 Å². The standard InChI is InChI=1S/C15H26N4O/c1-3-12(4-2)10-18-13-6-5-9-19(11-13)14-15(20)17-8-7-16-14/h7-8,12-13,18H,3-6,9-11H2,1-2H3,(H,17,20)/t13-/m0/s1. The molecule has 5 heteroatoms. The Bertz CT molecular complexity index is 455. The van der Waals surface area contributed by atoms with Crippen LogP contribution in [0.25, 0.3) is 0 Å². The van der Waals surface area contributed by atoms with E-state index >= 15 is 0 Å². The fraction of sp³-hybridized carbons (Fsp3) is 0.733. The van der Waals surface area contributed by atoms with Crippen molar-refractivity contribution in [2.45, 2.75) is 45.6 Å². The molecule has 20 heavy (non-hydrogen) atoms. The first-order valence-corrected chi connectivity index (χ1v) is 7.76. The van der Waals surface area contributed by atoms with Crippen molar-refractivity contribution in [2.75, 3.05) is 24.5 Å². The predicted molar refractivity (Wildman–Crippen MR) is 82.2 cm³/mol. The first kappa shape index (κ1) is 15.0. The molecule has 1 fully saturated rings. The molecule has 0 spiro atoms. The zero-order chi connectivity index (χ0) is 14.4. The van der Waals surface area contributed by atoms with E-state index in [1.807, 2.05) is 0 Å². The molecule has 0 saturated carbocycles. The lowest BCUT2D eigenvalue weighted by atomic mass is 10.0. The van der Waals surface area contributed by atoms with Crippen molar-refractivity contribution in [3.05, 3.63) is 22.7 Å². The molecule has 2 N–H and O–H groups in total. The Morgan fingerprint density at radius 2 is 2.30 bits per heavy atom. The number of hydrogen-bond donors (Lipinski definition) is 2. The number of H-pyrrole nitrogens is 1. The summed E-state index contributed by atoms with van der Waals surface area (Å²) < 4.78 is 0. The van der Waals surface area contributed by atoms with Gasteiger partial charge in [0.05, 0.1) is 0 Å². The number of rotatable bonds is 6. The van der Waals surface area contributed by atoms with Gasteiger partial charge in [0.1, 0.15) is 0 Å². The largest absolute Gasteiger partial charge is 0.350 e. The lowest BCUT2D eigenvalue weighted by Gasteiger charge is -2.34. The predicted octanol–water partition coefficient (Wildman–Crippen LogP) is 1.76. The van der Waals surface area contributed by atoms with E-state index in [2.05, 4.69) is 34.0 Å². The van der Waals surface area contributed by atoms with Crippen molar-refractivity contribution in [3.63, 3.8) is 0 Å². The number of aromatic nitrogens is 2. The summed E-state index contributed by atoms with van der Waals surface area (Å²) in [4.78, 5) is 20.8. The van der Waals surface area contributed by atoms with Gasteiger partial charge in [-0.1, -0.05) is 26.7 Å². The second kappa shape index (κ2) is 7.43. The highest BCUT2D eigenvalue weighted by Gasteiger charge is 2.22. The normalized spacial score (nSPS) is 19.6. The Labute approximate surface area is 120 Å². The second-order valence-electron chi connectivity index (χ2n) is 5.62. The van der Waals surface area contributed by atoms with Gasteiger partial charge in [-0.05, 0) is 25.3 Å². The summed E-state index contributed by atoms with van der Waals surface area (Å²) in [6.07, 6.45) is 7.97. The first-order chi connectivity index (χ1) is 9.74. The van der Waals surface area contributed by atoms with E-state index in [0.29, 0.717) is 11.9 Å². The lowest BCUT2D eigenvalue weighted by molar-refractivity contribution is 0.369. The molecule has 0 aromatic carbocycles. The molecule has 2 rings (SSSR count). The van der Waals surface area contributed by atoms with Crippen molar-refractivity contribution in [2.24, 2.45) is 5.92 Å². The van der Waals surface area contributed by atoms with Crippen LogP contribution in [0, 0.1) is 5.92 Å². The Kier molecular flexibility index (Phi) is 5.59. The third-order valence-electron chi connectivity index (χ3n) is 4.26. The average Bonchev–Trinajstić information content (AvgIpc) is 2.49. The summed E-state index contributed by atoms with van der Waals surface area (Å²) in [5.41, 5.74) is -0.0897. The van der Waals surface area contributed by atoms with Crippen LogP contribution in [0.15, 0.2) is 17.2 Å². The van der Waals surface area contributed by atoms with Crippen LogP contribution in [0.2, 0.25) is 0 Å². The van der Waals surface area contributed by atoms with E-state index in [9.17, 15) is 4.79 Å². The van der Waals surface area contributed by atoms with Crippen molar-refractivity contribution in [1.29, 1.82) is 0 Å². The van der Waals surface area contributed by atoms with Gasteiger partial charge in [-0.15, -0.1) is 0 Å². The van der Waals surface area contributed by atoms with Crippen LogP contribution in [0.4, 0.5) is 5.82 Å². The van der Waals surface area contributed by atoms with E-state index in [1.165, 1.54) is 19.3 Å². The van der Waals surface area contributed by atoms with Gasteiger partial charge in [0.25, 0.3) is 5.56 Å². The molecular weight excluding hydrogens is 252 g/mol. The van der Waals surface area contributed by atoms with Gasteiger partial charge in [0.15, 0.2) is 5.82 Å². The van der Waals surface area contributed by atoms with E-state index in [0.717, 1.165) is 32.0 Å². The molecule has 0 radical (unpaired) electrons. The maximum atomic E-state index is 11.8. The molecule has 0 bridgehead atoms. The second-order valence-corrected chi connectivity index (χ2v) is 5.62. The quantitative estimate of drug-likeness (QED) is 0.832. The maximum Gasteiger partial charge on any atom is 0.290 e. The smallest absolute Gasteiger partial charge is 0.290 e. The van der Waals surface area contributed by atoms with Crippen molar-refractivity contribution >= 4 is 5.82 Å². The van der Waals surface area contributed by atoms with Crippen LogP contribution < -0.4 is 15.8 Å². The van der Waals surface area contributed by atoms with Gasteiger partial charge in [-0.25, -0.2) is 4.98 Å². The molecule has 2 heterocycles. The molecule has 1 aliphatic rings. The summed E-state index contributed by atoms with van der Waals surface area (Å²) in [5, 5.41) is 3.66. The summed E-state index contributed by atoms with van der Waals surface area (Å²) in [6, 6.07) is 0.464. The van der Waals surface area contributed by atoms with Gasteiger partial charge in [-0.3, -0.25) is 4.79 Å². The highest BCUT2D eigenvalue weighted by atomic mass is 16.1. The topological polar surface area (TPSA) is 61.0 Å². The molecule has 1 saturated heterocycles. The Hall–Kier alpha value is -1.36. The zero-order valence-corrected chi connectivity index (χ0v) is 12.6. The van der Waals surface area contributed by atoms with Crippen LogP contribution in [-0.2, 0) is 0 Å². The fourth-order valence-electron chi connectivity index (χ4n) is 2.82. The number of hydrogen-bond acceptors (Lipinski definition) is 4. The average molecular weight is 278 g/mol. The van der Waals surface area contributed by atoms with Crippen molar-refractivity contribution in [3.8, 4) is 0 Å². The molecule has 0 unspecified atom stereocenters. The molecular formula is C15H26N4O. The van der Waals surface area contributed by atoms with Gasteiger partial charge in [-0.2, -0.15) is 0 Å². The van der Waals surface area contributed by atoms with Gasteiger partial charge in [0.2, 0.25) is 0 Å². The van der Waals surface area contributed by atoms with E-state index in [4.69, 9.17) is 0 Å². The van der Waals surface area contributed by atoms with Gasteiger partial charge >= 0.3 is 0 Å². The zero-order valence-electron chi connectivity index (χ0n) is 12.6. The minimum Gasteiger partial charge on any atom is -0.350 e. The molecule has 5 nitrogen and oxygen atoms in total. The number of piperidine rings is 1. The molecule has 1 atom stereocenters. The number of anilines is 1. The number of aromatic amines is 1. The first-order valence-electron chi connectivity index (χ1n) is 7.76. The fourth-order valence-corrected chi connectivity index (χ4v) is 2.82. The minimum atomic E-state index is -0.0897. The highest BCUT2D eigenvalue weighted by molar-refractivity contribution is 5.36. The SMILES string of the molecule is CCC(CC)CN[C@H]1CCCN(c2ncc[nH]c2=O)C1. The monoisotopic (exact) mass is 278 g/mol. The van der Waals surface area contributed by atoms with E-state index in [-0.39, 0.29) is 5.56 Å². The van der Waals surface area contributed by atoms with Crippen molar-refractivity contribution < 1.29 is 0 Å². The minimum absolute atomic E-state index is 0.0897. The lowest BCUT2D eigenvalue weighted by Crippen LogP contribution is -2.48. The number of nitrogens with one attached hydrogen (secondary N) is 2. The summed E-state index contributed by atoms with van der Waals surface area (Å²) in [7, 11) is 0. The third-order valence-corrected chi connectivity index (χ3v) is 4.26. The van der Waals surface area contributed by atoms with Crippen LogP contribution in [0.3, 0.4) is 0 Å². The molecule has 1 aromatic heterocycles. The molecule has 0 amide bonds. The van der Waals surface area contributed by atoms with E-state index in [1.54, 1.807) is 12.4 Å². The molecule has 1 aliphatic heterocycles. The number of nitrogens with zero attached hydrogens (tertiary/aromatic N) is 2. The highest BCUT2D eigenvalue weighted by Crippen LogP contribution is 2.15. The molecule has 1 aromatic rings. The summed E-state index contributed by atoms with van der Waals surface area (Å²) in [6.45, 7) is 7.36. The molecule has 0 aliphatic carbocycles. The Morgan fingerprint density at radius 1 is 1.50 bits per heavy atom. The summed E-state index contributed by atoms with van der Waals surface area (Å²) in [5.74, 6) is 1.31. The van der Waals surface area contributed by atoms with Crippen LogP contribution in [0.1, 0.15) is 39.5 Å². The summed E-state index contributed by atoms with van der Waals surface area (Å²) >= 11 is 0. The van der Waals surface area contributed by atoms with E-state index < -0.39 is 0 Å². The Balaban J connectivity index is 1.92. The van der Waals surface area contributed by atoms with Crippen LogP contribution >= 0.6 is 0 Å². The van der Waals surface area contributed by atoms with Crippen LogP contribution in [-0.4, -0.2) is 35.6 Å². The van der Waals surface area contributed by atoms with Gasteiger partial charge in [0, 0.05) is 31.5 Å². The maximum absolute atomic E-state index is 11.8. The third kappa shape index (κ3) is 3.82.